The molecular formula is C7H12F4O. The molecule has 0 N–H and O–H groups in total. The topological polar surface area (TPSA) is 9.23 Å². The van der Waals surface area contributed by atoms with Crippen LogP contribution in [-0.4, -0.2) is 24.6 Å². The SMILES string of the molecule is CCOC(C(C)(F)F)C(C)(F)F. The fraction of sp³-hybridized carbons (Fsp3) is 1.00. The lowest BCUT2D eigenvalue weighted by Crippen LogP contribution is -2.45. The van der Waals surface area contributed by atoms with E-state index in [0.29, 0.717) is 13.8 Å². The van der Waals surface area contributed by atoms with Crippen LogP contribution in [0.1, 0.15) is 20.8 Å². The van der Waals surface area contributed by atoms with E-state index >= 15 is 0 Å². The third kappa shape index (κ3) is 3.38. The lowest BCUT2D eigenvalue weighted by atomic mass is 10.1. The summed E-state index contributed by atoms with van der Waals surface area (Å²) in [5.41, 5.74) is 0. The van der Waals surface area contributed by atoms with Gasteiger partial charge in [-0.2, -0.15) is 0 Å². The van der Waals surface area contributed by atoms with Crippen LogP contribution in [0.4, 0.5) is 17.6 Å². The predicted molar refractivity (Wildman–Crippen MR) is 36.7 cm³/mol. The Hall–Kier alpha value is -0.320. The smallest absolute Gasteiger partial charge is 0.276 e. The molecule has 5 heteroatoms. The van der Waals surface area contributed by atoms with Crippen molar-refractivity contribution in [3.8, 4) is 0 Å². The Morgan fingerprint density at radius 1 is 1.08 bits per heavy atom. The molecule has 0 aliphatic heterocycles. The van der Waals surface area contributed by atoms with Gasteiger partial charge in [0, 0.05) is 20.5 Å². The van der Waals surface area contributed by atoms with Gasteiger partial charge in [0.05, 0.1) is 0 Å². The first kappa shape index (κ1) is 11.7. The fourth-order valence-corrected chi connectivity index (χ4v) is 0.904. The molecule has 0 fully saturated rings. The van der Waals surface area contributed by atoms with Gasteiger partial charge in [-0.25, -0.2) is 17.6 Å². The minimum atomic E-state index is -3.52. The first-order valence-corrected chi connectivity index (χ1v) is 3.56. The van der Waals surface area contributed by atoms with Gasteiger partial charge in [-0.05, 0) is 6.92 Å². The van der Waals surface area contributed by atoms with Crippen LogP contribution in [0.2, 0.25) is 0 Å². The van der Waals surface area contributed by atoms with Crippen molar-refractivity contribution in [2.75, 3.05) is 6.61 Å². The fourth-order valence-electron chi connectivity index (χ4n) is 0.904. The van der Waals surface area contributed by atoms with Gasteiger partial charge in [-0.1, -0.05) is 0 Å². The minimum absolute atomic E-state index is 0.155. The van der Waals surface area contributed by atoms with Crippen LogP contribution in [0.3, 0.4) is 0 Å². The summed E-state index contributed by atoms with van der Waals surface area (Å²) in [4.78, 5) is 0. The van der Waals surface area contributed by atoms with Crippen LogP contribution in [-0.2, 0) is 4.74 Å². The molecular weight excluding hydrogens is 176 g/mol. The zero-order chi connectivity index (χ0) is 9.99. The largest absolute Gasteiger partial charge is 0.366 e. The Balaban J connectivity index is 4.45. The molecule has 0 atom stereocenters. The zero-order valence-electron chi connectivity index (χ0n) is 7.20. The maximum atomic E-state index is 12.5. The maximum absolute atomic E-state index is 12.5. The van der Waals surface area contributed by atoms with E-state index in [-0.39, 0.29) is 6.61 Å². The van der Waals surface area contributed by atoms with Gasteiger partial charge in [0.25, 0.3) is 11.8 Å². The summed E-state index contributed by atoms with van der Waals surface area (Å²) in [6, 6.07) is 0. The molecule has 0 unspecified atom stereocenters. The Morgan fingerprint density at radius 3 is 1.50 bits per heavy atom. The molecule has 0 aromatic carbocycles. The molecule has 0 amide bonds. The van der Waals surface area contributed by atoms with Gasteiger partial charge in [0.2, 0.25) is 0 Å². The van der Waals surface area contributed by atoms with Crippen molar-refractivity contribution in [1.82, 2.24) is 0 Å². The number of alkyl halides is 4. The predicted octanol–water partition coefficient (Wildman–Crippen LogP) is 2.70. The molecule has 74 valence electrons. The van der Waals surface area contributed by atoms with E-state index in [1.165, 1.54) is 6.92 Å². The molecule has 0 saturated carbocycles. The number of hydrogen-bond acceptors (Lipinski definition) is 1. The molecule has 0 aliphatic rings. The van der Waals surface area contributed by atoms with Crippen LogP contribution in [0.5, 0.6) is 0 Å². The lowest BCUT2D eigenvalue weighted by molar-refractivity contribution is -0.217. The molecule has 1 nitrogen and oxygen atoms in total. The average Bonchev–Trinajstić information content (AvgIpc) is 1.77. The maximum Gasteiger partial charge on any atom is 0.276 e. The third-order valence-electron chi connectivity index (χ3n) is 1.25. The van der Waals surface area contributed by atoms with E-state index in [0.717, 1.165) is 0 Å². The van der Waals surface area contributed by atoms with Crippen molar-refractivity contribution in [1.29, 1.82) is 0 Å². The Morgan fingerprint density at radius 2 is 1.42 bits per heavy atom. The van der Waals surface area contributed by atoms with Crippen molar-refractivity contribution in [3.05, 3.63) is 0 Å². The summed E-state index contributed by atoms with van der Waals surface area (Å²) in [6.07, 6.45) is -2.34. The normalized spacial score (nSPS) is 14.0. The molecule has 0 bridgehead atoms. The summed E-state index contributed by atoms with van der Waals surface area (Å²) in [5.74, 6) is -7.04. The molecule has 0 aromatic rings. The highest BCUT2D eigenvalue weighted by Gasteiger charge is 2.49. The van der Waals surface area contributed by atoms with Gasteiger partial charge >= 0.3 is 0 Å². The number of halogens is 4. The first-order valence-electron chi connectivity index (χ1n) is 3.56. The summed E-state index contributed by atoms with van der Waals surface area (Å²) in [5, 5.41) is 0. The summed E-state index contributed by atoms with van der Waals surface area (Å²) < 4.78 is 54.1. The third-order valence-corrected chi connectivity index (χ3v) is 1.25. The van der Waals surface area contributed by atoms with Gasteiger partial charge in [0.1, 0.15) is 0 Å². The van der Waals surface area contributed by atoms with Crippen molar-refractivity contribution in [2.45, 2.75) is 38.7 Å². The van der Waals surface area contributed by atoms with E-state index in [4.69, 9.17) is 0 Å². The Bertz CT molecular complexity index is 121. The highest BCUT2D eigenvalue weighted by molar-refractivity contribution is 4.83. The molecule has 12 heavy (non-hydrogen) atoms. The van der Waals surface area contributed by atoms with Crippen LogP contribution in [0.25, 0.3) is 0 Å². The zero-order valence-corrected chi connectivity index (χ0v) is 7.20. The summed E-state index contributed by atoms with van der Waals surface area (Å²) in [7, 11) is 0. The second-order valence-electron chi connectivity index (χ2n) is 2.75. The molecule has 0 rings (SSSR count). The van der Waals surface area contributed by atoms with Crippen molar-refractivity contribution in [2.24, 2.45) is 0 Å². The van der Waals surface area contributed by atoms with Gasteiger partial charge in [-0.15, -0.1) is 0 Å². The first-order chi connectivity index (χ1) is 5.19. The van der Waals surface area contributed by atoms with E-state index in [2.05, 4.69) is 4.74 Å². The Kier molecular flexibility index (Phi) is 3.50. The molecule has 0 aliphatic carbocycles. The molecule has 0 saturated heterocycles. The number of ether oxygens (including phenoxy) is 1. The van der Waals surface area contributed by atoms with Crippen LogP contribution in [0, 0.1) is 0 Å². The van der Waals surface area contributed by atoms with E-state index in [9.17, 15) is 17.6 Å². The van der Waals surface area contributed by atoms with Gasteiger partial charge in [0.15, 0.2) is 6.10 Å². The Labute approximate surface area is 68.7 Å². The minimum Gasteiger partial charge on any atom is -0.366 e. The van der Waals surface area contributed by atoms with Crippen molar-refractivity contribution in [3.63, 3.8) is 0 Å². The van der Waals surface area contributed by atoms with Gasteiger partial charge in [-0.3, -0.25) is 0 Å². The highest BCUT2D eigenvalue weighted by Crippen LogP contribution is 2.32. The standard InChI is InChI=1S/C7H12F4O/c1-4-12-5(6(2,8)9)7(3,10)11/h5H,4H2,1-3H3. The van der Waals surface area contributed by atoms with Crippen molar-refractivity contribution >= 4 is 0 Å². The highest BCUT2D eigenvalue weighted by atomic mass is 19.3. The van der Waals surface area contributed by atoms with Crippen LogP contribution < -0.4 is 0 Å². The molecule has 0 radical (unpaired) electrons. The number of rotatable bonds is 4. The van der Waals surface area contributed by atoms with E-state index in [1.807, 2.05) is 0 Å². The van der Waals surface area contributed by atoms with E-state index in [1.54, 1.807) is 0 Å². The monoisotopic (exact) mass is 188 g/mol. The quantitative estimate of drug-likeness (QED) is 0.616. The summed E-state index contributed by atoms with van der Waals surface area (Å²) >= 11 is 0. The lowest BCUT2D eigenvalue weighted by Gasteiger charge is -2.28. The number of hydrogen-bond donors (Lipinski definition) is 0. The second kappa shape index (κ2) is 3.60. The van der Waals surface area contributed by atoms with Crippen molar-refractivity contribution < 1.29 is 22.3 Å². The van der Waals surface area contributed by atoms with Crippen LogP contribution >= 0.6 is 0 Å². The molecule has 0 heterocycles. The second-order valence-corrected chi connectivity index (χ2v) is 2.75. The van der Waals surface area contributed by atoms with Crippen LogP contribution in [0.15, 0.2) is 0 Å². The van der Waals surface area contributed by atoms with Gasteiger partial charge < -0.3 is 4.74 Å². The summed E-state index contributed by atoms with van der Waals surface area (Å²) in [6.45, 7) is 2.08. The molecule has 0 spiro atoms. The van der Waals surface area contributed by atoms with E-state index < -0.39 is 17.9 Å². The average molecular weight is 188 g/mol. The molecule has 0 aromatic heterocycles.